The molecule has 2 aromatic rings. The normalized spacial score (nSPS) is 16.5. The fraction of sp³-hybridized carbons (Fsp3) is 0.185. The lowest BCUT2D eigenvalue weighted by Gasteiger charge is -2.23. The van der Waals surface area contributed by atoms with Crippen LogP contribution in [0.1, 0.15) is 23.8 Å². The SMILES string of the molecule is COC1=CC(=CC2=C(C)C(=CC(=O)N(Cc3ccco3)C(F)(F)F)c3cc(F)ccc32)C=C(OC)C1=O. The third kappa shape index (κ3) is 5.13. The van der Waals surface area contributed by atoms with E-state index in [9.17, 15) is 27.2 Å². The van der Waals surface area contributed by atoms with E-state index < -0.39 is 30.4 Å². The first kappa shape index (κ1) is 25.7. The summed E-state index contributed by atoms with van der Waals surface area (Å²) < 4.78 is 70.6. The van der Waals surface area contributed by atoms with Crippen LogP contribution in [0.2, 0.25) is 0 Å². The summed E-state index contributed by atoms with van der Waals surface area (Å²) in [4.78, 5) is 24.9. The Morgan fingerprint density at radius 3 is 2.32 bits per heavy atom. The van der Waals surface area contributed by atoms with E-state index in [1.165, 1.54) is 56.9 Å². The third-order valence-corrected chi connectivity index (χ3v) is 5.90. The number of furan rings is 1. The molecule has 0 saturated carbocycles. The lowest BCUT2D eigenvalue weighted by Crippen LogP contribution is -2.41. The molecule has 0 aliphatic heterocycles. The minimum absolute atomic E-state index is 0.0332. The molecule has 1 amide bonds. The van der Waals surface area contributed by atoms with Gasteiger partial charge in [-0.15, -0.1) is 13.2 Å². The molecule has 0 radical (unpaired) electrons. The zero-order chi connectivity index (χ0) is 26.9. The minimum Gasteiger partial charge on any atom is -0.492 e. The Kier molecular flexibility index (Phi) is 6.93. The summed E-state index contributed by atoms with van der Waals surface area (Å²) in [7, 11) is 2.67. The largest absolute Gasteiger partial charge is 0.492 e. The molecule has 37 heavy (non-hydrogen) atoms. The molecule has 1 aromatic heterocycles. The average Bonchev–Trinajstić information content (AvgIpc) is 3.45. The number of halogens is 4. The molecule has 2 aliphatic carbocycles. The van der Waals surface area contributed by atoms with E-state index >= 15 is 0 Å². The van der Waals surface area contributed by atoms with Crippen LogP contribution < -0.4 is 0 Å². The number of benzene rings is 1. The van der Waals surface area contributed by atoms with Crippen LogP contribution in [0.25, 0.3) is 11.1 Å². The molecule has 192 valence electrons. The maximum Gasteiger partial charge on any atom is 0.487 e. The molecule has 2 aliphatic rings. The number of hydrogen-bond donors (Lipinski definition) is 0. The number of methoxy groups -OCH3 is 2. The number of rotatable bonds is 6. The third-order valence-electron chi connectivity index (χ3n) is 5.90. The van der Waals surface area contributed by atoms with E-state index in [1.54, 1.807) is 13.0 Å². The fourth-order valence-electron chi connectivity index (χ4n) is 4.10. The summed E-state index contributed by atoms with van der Waals surface area (Å²) in [5.74, 6) is -2.39. The molecule has 0 fully saturated rings. The van der Waals surface area contributed by atoms with Crippen molar-refractivity contribution in [3.05, 3.63) is 106 Å². The quantitative estimate of drug-likeness (QED) is 0.280. The highest BCUT2D eigenvalue weighted by Crippen LogP contribution is 2.43. The van der Waals surface area contributed by atoms with Crippen LogP contribution in [0.4, 0.5) is 17.6 Å². The molecule has 0 saturated heterocycles. The summed E-state index contributed by atoms with van der Waals surface area (Å²) >= 11 is 0. The second kappa shape index (κ2) is 9.96. The van der Waals surface area contributed by atoms with Gasteiger partial charge in [-0.2, -0.15) is 0 Å². The molecule has 0 atom stereocenters. The Labute approximate surface area is 209 Å². The lowest BCUT2D eigenvalue weighted by atomic mass is 9.99. The Morgan fingerprint density at radius 2 is 1.76 bits per heavy atom. The van der Waals surface area contributed by atoms with E-state index in [-0.39, 0.29) is 33.3 Å². The van der Waals surface area contributed by atoms with E-state index in [4.69, 9.17) is 13.9 Å². The van der Waals surface area contributed by atoms with Crippen LogP contribution in [0.3, 0.4) is 0 Å². The fourth-order valence-corrected chi connectivity index (χ4v) is 4.10. The monoisotopic (exact) mass is 515 g/mol. The van der Waals surface area contributed by atoms with Crippen LogP contribution in [0.15, 0.2) is 88.0 Å². The zero-order valence-corrected chi connectivity index (χ0v) is 20.0. The van der Waals surface area contributed by atoms with Gasteiger partial charge in [-0.25, -0.2) is 9.29 Å². The van der Waals surface area contributed by atoms with Gasteiger partial charge in [-0.1, -0.05) is 6.07 Å². The van der Waals surface area contributed by atoms with E-state index in [0.717, 1.165) is 12.1 Å². The molecule has 4 rings (SSSR count). The Bertz CT molecular complexity index is 1380. The summed E-state index contributed by atoms with van der Waals surface area (Å²) in [6, 6.07) is 6.59. The molecule has 6 nitrogen and oxygen atoms in total. The van der Waals surface area contributed by atoms with E-state index in [0.29, 0.717) is 22.3 Å². The number of alkyl halides is 3. The maximum absolute atomic E-state index is 14.2. The lowest BCUT2D eigenvalue weighted by molar-refractivity contribution is -0.242. The van der Waals surface area contributed by atoms with Crippen molar-refractivity contribution in [1.29, 1.82) is 0 Å². The predicted octanol–water partition coefficient (Wildman–Crippen LogP) is 5.71. The number of carbonyl (C=O) groups is 2. The van der Waals surface area contributed by atoms with Gasteiger partial charge < -0.3 is 13.9 Å². The summed E-state index contributed by atoms with van der Waals surface area (Å²) in [6.07, 6.45) is 1.69. The van der Waals surface area contributed by atoms with Crippen molar-refractivity contribution in [2.45, 2.75) is 19.8 Å². The van der Waals surface area contributed by atoms with E-state index in [1.807, 2.05) is 0 Å². The first-order valence-corrected chi connectivity index (χ1v) is 10.9. The number of ketones is 1. The van der Waals surface area contributed by atoms with Crippen LogP contribution >= 0.6 is 0 Å². The smallest absolute Gasteiger partial charge is 0.487 e. The molecule has 0 spiro atoms. The topological polar surface area (TPSA) is 69.0 Å². The number of ether oxygens (including phenoxy) is 2. The Morgan fingerprint density at radius 1 is 1.08 bits per heavy atom. The average molecular weight is 515 g/mol. The van der Waals surface area contributed by atoms with Crippen molar-refractivity contribution < 1.29 is 41.0 Å². The van der Waals surface area contributed by atoms with E-state index in [2.05, 4.69) is 0 Å². The van der Waals surface area contributed by atoms with Gasteiger partial charge in [0.2, 0.25) is 0 Å². The first-order valence-electron chi connectivity index (χ1n) is 10.9. The minimum atomic E-state index is -4.98. The van der Waals surface area contributed by atoms with Crippen LogP contribution in [0, 0.1) is 5.82 Å². The van der Waals surface area contributed by atoms with Crippen LogP contribution in [-0.4, -0.2) is 37.1 Å². The molecule has 10 heteroatoms. The number of fused-ring (bicyclic) bond motifs is 1. The second-order valence-electron chi connectivity index (χ2n) is 8.16. The van der Waals surface area contributed by atoms with Crippen molar-refractivity contribution in [1.82, 2.24) is 4.90 Å². The van der Waals surface area contributed by atoms with Gasteiger partial charge in [-0.3, -0.25) is 9.59 Å². The van der Waals surface area contributed by atoms with Gasteiger partial charge in [-0.05, 0) is 82.8 Å². The molecular formula is C27H21F4NO5. The molecular weight excluding hydrogens is 494 g/mol. The summed E-state index contributed by atoms with van der Waals surface area (Å²) in [5.41, 5.74) is 2.38. The maximum atomic E-state index is 14.2. The highest BCUT2D eigenvalue weighted by molar-refractivity contribution is 6.10. The van der Waals surface area contributed by atoms with Crippen molar-refractivity contribution >= 4 is 22.8 Å². The molecule has 1 heterocycles. The molecule has 0 N–H and O–H groups in total. The predicted molar refractivity (Wildman–Crippen MR) is 126 cm³/mol. The van der Waals surface area contributed by atoms with Gasteiger partial charge in [0.25, 0.3) is 11.7 Å². The van der Waals surface area contributed by atoms with Gasteiger partial charge >= 0.3 is 6.30 Å². The van der Waals surface area contributed by atoms with Crippen molar-refractivity contribution in [3.8, 4) is 0 Å². The number of carbonyl (C=O) groups excluding carboxylic acids is 2. The van der Waals surface area contributed by atoms with Gasteiger partial charge in [0, 0.05) is 6.08 Å². The number of Topliss-reactive ketones (excluding diaryl/α,β-unsaturated/α-hetero) is 1. The summed E-state index contributed by atoms with van der Waals surface area (Å²) in [5, 5.41) is 0. The number of allylic oxidation sites excluding steroid dienone is 7. The van der Waals surface area contributed by atoms with Gasteiger partial charge in [0.05, 0.1) is 27.0 Å². The molecule has 0 bridgehead atoms. The number of nitrogens with zero attached hydrogens (tertiary/aromatic N) is 1. The van der Waals surface area contributed by atoms with Crippen LogP contribution in [0.5, 0.6) is 0 Å². The number of hydrogen-bond acceptors (Lipinski definition) is 5. The van der Waals surface area contributed by atoms with Crippen molar-refractivity contribution in [3.63, 3.8) is 0 Å². The molecule has 0 unspecified atom stereocenters. The second-order valence-corrected chi connectivity index (χ2v) is 8.16. The van der Waals surface area contributed by atoms with Gasteiger partial charge in [0.15, 0.2) is 11.5 Å². The van der Waals surface area contributed by atoms with Gasteiger partial charge in [0.1, 0.15) is 11.6 Å². The van der Waals surface area contributed by atoms with Crippen molar-refractivity contribution in [2.75, 3.05) is 14.2 Å². The first-order chi connectivity index (χ1) is 17.5. The Balaban J connectivity index is 1.81. The zero-order valence-electron chi connectivity index (χ0n) is 20.0. The van der Waals surface area contributed by atoms with Crippen molar-refractivity contribution in [2.24, 2.45) is 0 Å². The van der Waals surface area contributed by atoms with Crippen LogP contribution in [-0.2, 0) is 25.6 Å². The molecule has 1 aromatic carbocycles. The highest BCUT2D eigenvalue weighted by Gasteiger charge is 2.41. The highest BCUT2D eigenvalue weighted by atomic mass is 19.4. The summed E-state index contributed by atoms with van der Waals surface area (Å²) in [6.45, 7) is 0.793. The Hall–Kier alpha value is -4.34. The standard InChI is InChI=1S/C27H21F4NO5/c1-15-20(9-16-10-23(35-2)26(34)24(11-16)36-3)19-7-6-17(28)12-22(19)21(15)13-25(33)32(27(29,30)31)14-18-5-4-8-37-18/h4-13H,14H2,1-3H3. The number of amides is 1.